The molecule has 1 saturated heterocycles. The van der Waals surface area contributed by atoms with Gasteiger partial charge < -0.3 is 9.64 Å². The van der Waals surface area contributed by atoms with Crippen LogP contribution in [0.15, 0.2) is 53.4 Å². The van der Waals surface area contributed by atoms with Gasteiger partial charge >= 0.3 is 5.97 Å². The van der Waals surface area contributed by atoms with E-state index in [1.807, 2.05) is 24.0 Å². The van der Waals surface area contributed by atoms with E-state index in [0.29, 0.717) is 43.2 Å². The number of nitrogens with zero attached hydrogens (tertiary/aromatic N) is 2. The van der Waals surface area contributed by atoms with E-state index in [0.717, 1.165) is 11.3 Å². The van der Waals surface area contributed by atoms with Gasteiger partial charge in [0.1, 0.15) is 0 Å². The fraction of sp³-hybridized carbons (Fsp3) is 0.350. The number of anilines is 1. The fourth-order valence-electron chi connectivity index (χ4n) is 3.16. The standard InChI is InChI=1S/C20H24N2O4S/c1-3-26-20(23)18-6-4-5-7-19(18)21-12-14-22(15-13-21)27(24,25)17-10-8-16(2)9-11-17/h4-11H,3,12-15H2,1-2H3. The number of carbonyl (C=O) groups is 1. The Morgan fingerprint density at radius 2 is 1.63 bits per heavy atom. The first-order valence-electron chi connectivity index (χ1n) is 9.01. The Morgan fingerprint density at radius 3 is 2.26 bits per heavy atom. The summed E-state index contributed by atoms with van der Waals surface area (Å²) in [4.78, 5) is 14.5. The molecule has 0 amide bonds. The molecule has 2 aromatic rings. The minimum Gasteiger partial charge on any atom is -0.462 e. The maximum atomic E-state index is 12.8. The van der Waals surface area contributed by atoms with Crippen LogP contribution >= 0.6 is 0 Å². The molecular formula is C20H24N2O4S. The van der Waals surface area contributed by atoms with Gasteiger partial charge in [-0.2, -0.15) is 4.31 Å². The van der Waals surface area contributed by atoms with Crippen molar-refractivity contribution in [1.29, 1.82) is 0 Å². The van der Waals surface area contributed by atoms with Crippen LogP contribution in [0.25, 0.3) is 0 Å². The number of piperazine rings is 1. The third-order valence-electron chi connectivity index (χ3n) is 4.64. The van der Waals surface area contributed by atoms with Crippen LogP contribution in [-0.4, -0.2) is 51.5 Å². The number of esters is 1. The van der Waals surface area contributed by atoms with E-state index in [4.69, 9.17) is 4.74 Å². The average Bonchev–Trinajstić information content (AvgIpc) is 2.68. The van der Waals surface area contributed by atoms with Crippen LogP contribution in [0.4, 0.5) is 5.69 Å². The highest BCUT2D eigenvalue weighted by molar-refractivity contribution is 7.89. The number of ether oxygens (including phenoxy) is 1. The van der Waals surface area contributed by atoms with E-state index < -0.39 is 10.0 Å². The molecule has 0 bridgehead atoms. The SMILES string of the molecule is CCOC(=O)c1ccccc1N1CCN(S(=O)(=O)c2ccc(C)cc2)CC1. The van der Waals surface area contributed by atoms with Gasteiger partial charge in [0.05, 0.1) is 22.8 Å². The number of carbonyl (C=O) groups excluding carboxylic acids is 1. The summed E-state index contributed by atoms with van der Waals surface area (Å²) in [6, 6.07) is 14.2. The zero-order valence-electron chi connectivity index (χ0n) is 15.6. The zero-order valence-corrected chi connectivity index (χ0v) is 16.4. The first kappa shape index (κ1) is 19.4. The molecule has 0 saturated carbocycles. The Hall–Kier alpha value is -2.38. The number of hydrogen-bond acceptors (Lipinski definition) is 5. The molecule has 2 aromatic carbocycles. The van der Waals surface area contributed by atoms with Gasteiger partial charge in [-0.3, -0.25) is 0 Å². The first-order valence-corrected chi connectivity index (χ1v) is 10.5. The Morgan fingerprint density at radius 1 is 1.00 bits per heavy atom. The van der Waals surface area contributed by atoms with Crippen LogP contribution < -0.4 is 4.90 Å². The molecule has 0 unspecified atom stereocenters. The Labute approximate surface area is 160 Å². The number of aryl methyl sites for hydroxylation is 1. The zero-order chi connectivity index (χ0) is 19.4. The van der Waals surface area contributed by atoms with Gasteiger partial charge in [-0.25, -0.2) is 13.2 Å². The maximum absolute atomic E-state index is 12.8. The van der Waals surface area contributed by atoms with Crippen LogP contribution in [0.5, 0.6) is 0 Å². The predicted molar refractivity (Wildman–Crippen MR) is 105 cm³/mol. The molecule has 3 rings (SSSR count). The summed E-state index contributed by atoms with van der Waals surface area (Å²) in [5, 5.41) is 0. The number of sulfonamides is 1. The van der Waals surface area contributed by atoms with Crippen molar-refractivity contribution in [3.63, 3.8) is 0 Å². The molecule has 0 atom stereocenters. The summed E-state index contributed by atoms with van der Waals surface area (Å²) in [5.41, 5.74) is 2.31. The summed E-state index contributed by atoms with van der Waals surface area (Å²) in [6.45, 7) is 5.78. The topological polar surface area (TPSA) is 66.9 Å². The number of hydrogen-bond donors (Lipinski definition) is 0. The normalized spacial score (nSPS) is 15.6. The molecule has 1 aliphatic heterocycles. The van der Waals surface area contributed by atoms with E-state index in [-0.39, 0.29) is 5.97 Å². The third kappa shape index (κ3) is 4.14. The van der Waals surface area contributed by atoms with Crippen LogP contribution in [0.3, 0.4) is 0 Å². The molecule has 1 aliphatic rings. The monoisotopic (exact) mass is 388 g/mol. The minimum absolute atomic E-state index is 0.313. The third-order valence-corrected chi connectivity index (χ3v) is 6.55. The van der Waals surface area contributed by atoms with Gasteiger partial charge in [0, 0.05) is 26.2 Å². The van der Waals surface area contributed by atoms with Crippen molar-refractivity contribution < 1.29 is 17.9 Å². The lowest BCUT2D eigenvalue weighted by atomic mass is 10.1. The molecule has 0 N–H and O–H groups in total. The van der Waals surface area contributed by atoms with Crippen LogP contribution in [-0.2, 0) is 14.8 Å². The Kier molecular flexibility index (Phi) is 5.82. The van der Waals surface area contributed by atoms with Crippen molar-refractivity contribution in [3.05, 3.63) is 59.7 Å². The number of para-hydroxylation sites is 1. The fourth-order valence-corrected chi connectivity index (χ4v) is 4.58. The van der Waals surface area contributed by atoms with Gasteiger partial charge in [-0.05, 0) is 38.1 Å². The molecule has 7 heteroatoms. The average molecular weight is 388 g/mol. The molecule has 0 aliphatic carbocycles. The smallest absolute Gasteiger partial charge is 0.340 e. The largest absolute Gasteiger partial charge is 0.462 e. The van der Waals surface area contributed by atoms with E-state index in [1.54, 1.807) is 43.3 Å². The summed E-state index contributed by atoms with van der Waals surface area (Å²) in [7, 11) is -3.50. The molecule has 1 fully saturated rings. The van der Waals surface area contributed by atoms with Crippen molar-refractivity contribution in [2.24, 2.45) is 0 Å². The molecule has 0 spiro atoms. The molecular weight excluding hydrogens is 364 g/mol. The lowest BCUT2D eigenvalue weighted by molar-refractivity contribution is 0.0527. The Balaban J connectivity index is 1.74. The van der Waals surface area contributed by atoms with E-state index >= 15 is 0 Å². The van der Waals surface area contributed by atoms with Gasteiger partial charge in [0.2, 0.25) is 10.0 Å². The molecule has 27 heavy (non-hydrogen) atoms. The van der Waals surface area contributed by atoms with E-state index in [2.05, 4.69) is 0 Å². The Bertz CT molecular complexity index is 902. The van der Waals surface area contributed by atoms with Crippen molar-refractivity contribution in [1.82, 2.24) is 4.31 Å². The van der Waals surface area contributed by atoms with E-state index in [9.17, 15) is 13.2 Å². The summed E-state index contributed by atoms with van der Waals surface area (Å²) < 4.78 is 32.3. The van der Waals surface area contributed by atoms with Crippen molar-refractivity contribution in [3.8, 4) is 0 Å². The van der Waals surface area contributed by atoms with Crippen molar-refractivity contribution in [2.45, 2.75) is 18.7 Å². The van der Waals surface area contributed by atoms with Gasteiger partial charge in [-0.1, -0.05) is 29.8 Å². The summed E-state index contributed by atoms with van der Waals surface area (Å²) in [5.74, 6) is -0.359. The molecule has 0 radical (unpaired) electrons. The lowest BCUT2D eigenvalue weighted by Gasteiger charge is -2.36. The van der Waals surface area contributed by atoms with Crippen LogP contribution in [0, 0.1) is 6.92 Å². The van der Waals surface area contributed by atoms with Crippen molar-refractivity contribution in [2.75, 3.05) is 37.7 Å². The van der Waals surface area contributed by atoms with Gasteiger partial charge in [0.15, 0.2) is 0 Å². The number of rotatable bonds is 5. The second kappa shape index (κ2) is 8.10. The highest BCUT2D eigenvalue weighted by atomic mass is 32.2. The van der Waals surface area contributed by atoms with Crippen molar-refractivity contribution >= 4 is 21.7 Å². The molecule has 6 nitrogen and oxygen atoms in total. The van der Waals surface area contributed by atoms with Crippen LogP contribution in [0.1, 0.15) is 22.8 Å². The quantitative estimate of drug-likeness (QED) is 0.737. The summed E-state index contributed by atoms with van der Waals surface area (Å²) in [6.07, 6.45) is 0. The lowest BCUT2D eigenvalue weighted by Crippen LogP contribution is -2.49. The minimum atomic E-state index is -3.50. The second-order valence-corrected chi connectivity index (χ2v) is 8.38. The predicted octanol–water partition coefficient (Wildman–Crippen LogP) is 2.68. The van der Waals surface area contributed by atoms with Gasteiger partial charge in [-0.15, -0.1) is 0 Å². The van der Waals surface area contributed by atoms with E-state index in [1.165, 1.54) is 4.31 Å². The molecule has 144 valence electrons. The second-order valence-electron chi connectivity index (χ2n) is 6.44. The maximum Gasteiger partial charge on any atom is 0.340 e. The summed E-state index contributed by atoms with van der Waals surface area (Å²) >= 11 is 0. The molecule has 1 heterocycles. The highest BCUT2D eigenvalue weighted by Crippen LogP contribution is 2.25. The first-order chi connectivity index (χ1) is 12.9. The van der Waals surface area contributed by atoms with Crippen LogP contribution in [0.2, 0.25) is 0 Å². The highest BCUT2D eigenvalue weighted by Gasteiger charge is 2.29. The number of benzene rings is 2. The van der Waals surface area contributed by atoms with Gasteiger partial charge in [0.25, 0.3) is 0 Å². The molecule has 0 aromatic heterocycles.